The zero-order valence-electron chi connectivity index (χ0n) is 5.94. The van der Waals surface area contributed by atoms with E-state index < -0.39 is 10.3 Å². The molecule has 1 heterocycles. The molecule has 0 aliphatic heterocycles. The van der Waals surface area contributed by atoms with Crippen molar-refractivity contribution in [1.82, 2.24) is 10.2 Å². The fraction of sp³-hybridized carbons (Fsp3) is 0. The van der Waals surface area contributed by atoms with Crippen LogP contribution in [0.3, 0.4) is 0 Å². The van der Waals surface area contributed by atoms with Gasteiger partial charge in [-0.1, -0.05) is 23.2 Å². The molecule has 0 aliphatic carbocycles. The normalized spacial score (nSPS) is 11.3. The largest absolute Gasteiger partial charge is 0.380 e. The highest BCUT2D eigenvalue weighted by atomic mass is 35.5. The number of nitrogens with zero attached hydrogens (tertiary/aromatic N) is 2. The molecule has 0 fully saturated rings. The Kier molecular flexibility index (Phi) is 2.91. The maximum atomic E-state index is 10.5. The standard InChI is InChI=1S/C4H3Cl2N3O3S/c5-3-1-2(4(6)9-8-3)12-13(7,10)11/h1H,(H2,7,10,11). The van der Waals surface area contributed by atoms with Crippen LogP contribution in [0.1, 0.15) is 0 Å². The molecule has 0 saturated heterocycles. The van der Waals surface area contributed by atoms with Crippen molar-refractivity contribution in [2.75, 3.05) is 0 Å². The minimum atomic E-state index is -4.13. The average Bonchev–Trinajstić information content (AvgIpc) is 1.94. The van der Waals surface area contributed by atoms with Gasteiger partial charge in [-0.3, -0.25) is 0 Å². The molecular weight excluding hydrogens is 241 g/mol. The number of aromatic nitrogens is 2. The van der Waals surface area contributed by atoms with Crippen molar-refractivity contribution in [3.8, 4) is 5.75 Å². The molecule has 0 aromatic carbocycles. The van der Waals surface area contributed by atoms with Gasteiger partial charge >= 0.3 is 10.3 Å². The van der Waals surface area contributed by atoms with Crippen LogP contribution in [0, 0.1) is 0 Å². The van der Waals surface area contributed by atoms with Crippen LogP contribution in [0.25, 0.3) is 0 Å². The molecule has 0 amide bonds. The highest BCUT2D eigenvalue weighted by Gasteiger charge is 2.11. The summed E-state index contributed by atoms with van der Waals surface area (Å²) in [7, 11) is -4.13. The summed E-state index contributed by atoms with van der Waals surface area (Å²) in [4.78, 5) is 0. The molecule has 9 heteroatoms. The molecule has 13 heavy (non-hydrogen) atoms. The van der Waals surface area contributed by atoms with Crippen molar-refractivity contribution in [2.45, 2.75) is 0 Å². The van der Waals surface area contributed by atoms with Gasteiger partial charge in [0.25, 0.3) is 0 Å². The summed E-state index contributed by atoms with van der Waals surface area (Å²) in [5.41, 5.74) is 0. The quantitative estimate of drug-likeness (QED) is 0.810. The minimum absolute atomic E-state index is 0.0527. The molecule has 0 spiro atoms. The van der Waals surface area contributed by atoms with E-state index in [1.165, 1.54) is 0 Å². The van der Waals surface area contributed by atoms with E-state index in [0.717, 1.165) is 6.07 Å². The van der Waals surface area contributed by atoms with Gasteiger partial charge in [0.2, 0.25) is 0 Å². The second kappa shape index (κ2) is 3.62. The predicted molar refractivity (Wildman–Crippen MR) is 45.8 cm³/mol. The zero-order chi connectivity index (χ0) is 10.1. The first-order valence-corrected chi connectivity index (χ1v) is 5.02. The third kappa shape index (κ3) is 3.31. The molecule has 0 atom stereocenters. The van der Waals surface area contributed by atoms with E-state index in [9.17, 15) is 8.42 Å². The molecular formula is C4H3Cl2N3O3S. The van der Waals surface area contributed by atoms with E-state index in [1.807, 2.05) is 0 Å². The lowest BCUT2D eigenvalue weighted by atomic mass is 10.5. The van der Waals surface area contributed by atoms with Crippen molar-refractivity contribution in [2.24, 2.45) is 5.14 Å². The first-order valence-electron chi connectivity index (χ1n) is 2.79. The average molecular weight is 244 g/mol. The first-order chi connectivity index (χ1) is 5.88. The van der Waals surface area contributed by atoms with Gasteiger partial charge in [-0.25, -0.2) is 0 Å². The molecule has 0 radical (unpaired) electrons. The maximum Gasteiger partial charge on any atom is 0.380 e. The van der Waals surface area contributed by atoms with Crippen molar-refractivity contribution in [1.29, 1.82) is 0 Å². The fourth-order valence-corrected chi connectivity index (χ4v) is 1.21. The molecule has 6 nitrogen and oxygen atoms in total. The van der Waals surface area contributed by atoms with E-state index in [-0.39, 0.29) is 16.1 Å². The van der Waals surface area contributed by atoms with E-state index in [2.05, 4.69) is 19.5 Å². The van der Waals surface area contributed by atoms with Gasteiger partial charge in [0.05, 0.1) is 0 Å². The second-order valence-electron chi connectivity index (χ2n) is 1.90. The molecule has 0 bridgehead atoms. The van der Waals surface area contributed by atoms with Crippen molar-refractivity contribution < 1.29 is 12.6 Å². The predicted octanol–water partition coefficient (Wildman–Crippen LogP) is 0.366. The number of rotatable bonds is 2. The van der Waals surface area contributed by atoms with Crippen LogP contribution in [-0.4, -0.2) is 18.6 Å². The van der Waals surface area contributed by atoms with Crippen LogP contribution in [-0.2, 0) is 10.3 Å². The summed E-state index contributed by atoms with van der Waals surface area (Å²) in [6, 6.07) is 1.08. The van der Waals surface area contributed by atoms with Crippen LogP contribution < -0.4 is 9.32 Å². The SMILES string of the molecule is NS(=O)(=O)Oc1cc(Cl)nnc1Cl. The van der Waals surface area contributed by atoms with Crippen LogP contribution >= 0.6 is 23.2 Å². The Morgan fingerprint density at radius 2 is 2.00 bits per heavy atom. The number of hydrogen-bond acceptors (Lipinski definition) is 5. The molecule has 72 valence electrons. The van der Waals surface area contributed by atoms with Gasteiger partial charge in [0.15, 0.2) is 16.1 Å². The summed E-state index contributed by atoms with van der Waals surface area (Å²) in [6.45, 7) is 0. The lowest BCUT2D eigenvalue weighted by Crippen LogP contribution is -2.19. The zero-order valence-corrected chi connectivity index (χ0v) is 8.27. The summed E-state index contributed by atoms with van der Waals surface area (Å²) in [5, 5.41) is 10.9. The van der Waals surface area contributed by atoms with E-state index >= 15 is 0 Å². The Balaban J connectivity index is 3.08. The van der Waals surface area contributed by atoms with Gasteiger partial charge in [-0.15, -0.1) is 10.2 Å². The smallest absolute Gasteiger partial charge is 0.368 e. The molecule has 1 aromatic rings. The van der Waals surface area contributed by atoms with Crippen LogP contribution in [0.15, 0.2) is 6.07 Å². The minimum Gasteiger partial charge on any atom is -0.368 e. The first kappa shape index (κ1) is 10.5. The third-order valence-corrected chi connectivity index (χ3v) is 1.75. The molecule has 0 unspecified atom stereocenters. The Morgan fingerprint density at radius 3 is 2.54 bits per heavy atom. The summed E-state index contributed by atoms with van der Waals surface area (Å²) >= 11 is 10.8. The highest BCUT2D eigenvalue weighted by Crippen LogP contribution is 2.23. The van der Waals surface area contributed by atoms with Gasteiger partial charge in [0.1, 0.15) is 0 Å². The Hall–Kier alpha value is -0.630. The molecule has 2 N–H and O–H groups in total. The highest BCUT2D eigenvalue weighted by molar-refractivity contribution is 7.84. The van der Waals surface area contributed by atoms with Gasteiger partial charge in [0, 0.05) is 6.07 Å². The fourth-order valence-electron chi connectivity index (χ4n) is 0.521. The number of hydrogen-bond donors (Lipinski definition) is 1. The Bertz CT molecular complexity index is 421. The summed E-state index contributed by atoms with van der Waals surface area (Å²) in [6.07, 6.45) is 0. The van der Waals surface area contributed by atoms with Gasteiger partial charge in [-0.05, 0) is 0 Å². The van der Waals surface area contributed by atoms with Crippen molar-refractivity contribution >= 4 is 33.5 Å². The van der Waals surface area contributed by atoms with E-state index in [0.29, 0.717) is 0 Å². The lowest BCUT2D eigenvalue weighted by Gasteiger charge is -2.02. The molecule has 0 aliphatic rings. The van der Waals surface area contributed by atoms with E-state index in [4.69, 9.17) is 23.2 Å². The second-order valence-corrected chi connectivity index (χ2v) is 3.80. The van der Waals surface area contributed by atoms with Crippen molar-refractivity contribution in [3.05, 3.63) is 16.4 Å². The molecule has 0 saturated carbocycles. The van der Waals surface area contributed by atoms with Crippen molar-refractivity contribution in [3.63, 3.8) is 0 Å². The number of nitrogens with two attached hydrogens (primary N) is 1. The Labute approximate surface area is 83.9 Å². The summed E-state index contributed by atoms with van der Waals surface area (Å²) in [5.74, 6) is -0.260. The van der Waals surface area contributed by atoms with Crippen LogP contribution in [0.5, 0.6) is 5.75 Å². The molecule has 1 rings (SSSR count). The van der Waals surface area contributed by atoms with E-state index in [1.54, 1.807) is 0 Å². The third-order valence-electron chi connectivity index (χ3n) is 0.893. The monoisotopic (exact) mass is 243 g/mol. The summed E-state index contributed by atoms with van der Waals surface area (Å²) < 4.78 is 25.2. The van der Waals surface area contributed by atoms with Gasteiger partial charge < -0.3 is 4.18 Å². The van der Waals surface area contributed by atoms with Crippen LogP contribution in [0.2, 0.25) is 10.3 Å². The molecule has 1 aromatic heterocycles. The topological polar surface area (TPSA) is 95.2 Å². The number of halogens is 2. The van der Waals surface area contributed by atoms with Crippen LogP contribution in [0.4, 0.5) is 0 Å². The lowest BCUT2D eigenvalue weighted by molar-refractivity contribution is 0.486. The van der Waals surface area contributed by atoms with Gasteiger partial charge in [-0.2, -0.15) is 13.6 Å². The maximum absolute atomic E-state index is 10.5. The Morgan fingerprint density at radius 1 is 1.38 bits per heavy atom.